The first-order valence-corrected chi connectivity index (χ1v) is 16.1. The molecule has 2 aliphatic heterocycles. The predicted octanol–water partition coefficient (Wildman–Crippen LogP) is 2.83. The van der Waals surface area contributed by atoms with Crippen molar-refractivity contribution in [2.45, 2.75) is 120 Å². The number of carbonyl (C=O) groups is 5. The Balaban J connectivity index is 1.30. The Kier molecular flexibility index (Phi) is 17.2. The molecule has 12 heteroatoms. The van der Waals surface area contributed by atoms with Crippen LogP contribution in [0.4, 0.5) is 4.79 Å². The Bertz CT molecular complexity index is 814. The SMILES string of the molecule is O=C(O)CCCCCNC(=O)CCCCCNC(=O)CCCCCNC(=O)CCCCC1SCC2NC(=O)NC21. The van der Waals surface area contributed by atoms with Crippen molar-refractivity contribution in [3.05, 3.63) is 0 Å². The van der Waals surface area contributed by atoms with E-state index in [0.717, 1.165) is 76.4 Å². The highest BCUT2D eigenvalue weighted by atomic mass is 32.2. The van der Waals surface area contributed by atoms with Crippen molar-refractivity contribution in [1.82, 2.24) is 26.6 Å². The lowest BCUT2D eigenvalue weighted by Gasteiger charge is -2.16. The molecule has 2 heterocycles. The zero-order chi connectivity index (χ0) is 29.0. The van der Waals surface area contributed by atoms with Gasteiger partial charge in [0, 0.05) is 56.3 Å². The number of hydrogen-bond acceptors (Lipinski definition) is 6. The van der Waals surface area contributed by atoms with Gasteiger partial charge in [0.05, 0.1) is 12.1 Å². The number of amides is 5. The summed E-state index contributed by atoms with van der Waals surface area (Å²) in [5.74, 6) is 0.323. The second kappa shape index (κ2) is 20.4. The van der Waals surface area contributed by atoms with E-state index in [2.05, 4.69) is 26.6 Å². The number of fused-ring (bicyclic) bond motifs is 1. The van der Waals surface area contributed by atoms with Crippen LogP contribution in [0.15, 0.2) is 0 Å². The molecular formula is C28H49N5O6S. The number of carbonyl (C=O) groups excluding carboxylic acids is 4. The van der Waals surface area contributed by atoms with Crippen LogP contribution < -0.4 is 26.6 Å². The summed E-state index contributed by atoms with van der Waals surface area (Å²) in [6.45, 7) is 1.84. The van der Waals surface area contributed by atoms with Crippen LogP contribution >= 0.6 is 11.8 Å². The normalized spacial score (nSPS) is 19.4. The molecule has 11 nitrogen and oxygen atoms in total. The standard InChI is InChI=1S/C28H49N5O6S/c34-23(29-17-9-1-4-14-24(35)30-19-11-3-6-16-26(37)38)13-5-2-10-18-31-25(36)15-8-7-12-22-27-21(20-40-22)32-28(39)33-27/h21-22,27H,1-20H2,(H,29,34)(H,30,35)(H,31,36)(H,37,38)(H2,32,33,39). The summed E-state index contributed by atoms with van der Waals surface area (Å²) in [4.78, 5) is 57.7. The number of aliphatic carboxylic acids is 1. The summed E-state index contributed by atoms with van der Waals surface area (Å²) in [6.07, 6.45) is 11.8. The molecule has 40 heavy (non-hydrogen) atoms. The van der Waals surface area contributed by atoms with Crippen LogP contribution in [0.5, 0.6) is 0 Å². The minimum Gasteiger partial charge on any atom is -0.481 e. The largest absolute Gasteiger partial charge is 0.481 e. The molecule has 2 fully saturated rings. The minimum absolute atomic E-state index is 0.0224. The third-order valence-electron chi connectivity index (χ3n) is 7.28. The smallest absolute Gasteiger partial charge is 0.315 e. The maximum absolute atomic E-state index is 12.0. The zero-order valence-electron chi connectivity index (χ0n) is 23.8. The van der Waals surface area contributed by atoms with Gasteiger partial charge in [-0.25, -0.2) is 4.79 Å². The Morgan fingerprint density at radius 1 is 0.675 bits per heavy atom. The molecule has 3 unspecified atom stereocenters. The summed E-state index contributed by atoms with van der Waals surface area (Å²) < 4.78 is 0. The third-order valence-corrected chi connectivity index (χ3v) is 8.78. The number of thioether (sulfide) groups is 1. The van der Waals surface area contributed by atoms with Crippen LogP contribution in [-0.4, -0.2) is 77.5 Å². The van der Waals surface area contributed by atoms with Gasteiger partial charge >= 0.3 is 12.0 Å². The summed E-state index contributed by atoms with van der Waals surface area (Å²) in [6, 6.07) is 0.405. The number of carboxylic acids is 1. The highest BCUT2D eigenvalue weighted by Crippen LogP contribution is 2.33. The fourth-order valence-corrected chi connectivity index (χ4v) is 6.52. The van der Waals surface area contributed by atoms with Crippen LogP contribution in [0.1, 0.15) is 103 Å². The highest BCUT2D eigenvalue weighted by Gasteiger charge is 2.42. The summed E-state index contributed by atoms with van der Waals surface area (Å²) in [5.41, 5.74) is 0. The molecule has 3 atom stereocenters. The fourth-order valence-electron chi connectivity index (χ4n) is 4.98. The van der Waals surface area contributed by atoms with E-state index in [1.807, 2.05) is 11.8 Å². The van der Waals surface area contributed by atoms with E-state index < -0.39 is 5.97 Å². The monoisotopic (exact) mass is 583 g/mol. The highest BCUT2D eigenvalue weighted by molar-refractivity contribution is 8.00. The summed E-state index contributed by atoms with van der Waals surface area (Å²) >= 11 is 1.90. The molecule has 0 aromatic heterocycles. The lowest BCUT2D eigenvalue weighted by molar-refractivity contribution is -0.137. The molecule has 0 aliphatic carbocycles. The third kappa shape index (κ3) is 15.3. The van der Waals surface area contributed by atoms with Gasteiger partial charge in [-0.05, 0) is 51.4 Å². The molecule has 0 spiro atoms. The van der Waals surface area contributed by atoms with Crippen LogP contribution in [0.3, 0.4) is 0 Å². The lowest BCUT2D eigenvalue weighted by Crippen LogP contribution is -2.36. The second-order valence-electron chi connectivity index (χ2n) is 10.7. The number of rotatable bonds is 23. The first-order valence-electron chi connectivity index (χ1n) is 15.1. The van der Waals surface area contributed by atoms with Crippen molar-refractivity contribution < 1.29 is 29.1 Å². The van der Waals surface area contributed by atoms with Crippen LogP contribution in [0.25, 0.3) is 0 Å². The Hall–Kier alpha value is -2.50. The second-order valence-corrected chi connectivity index (χ2v) is 12.0. The van der Waals surface area contributed by atoms with Gasteiger partial charge in [0.25, 0.3) is 0 Å². The maximum atomic E-state index is 12.0. The van der Waals surface area contributed by atoms with Crippen molar-refractivity contribution in [2.24, 2.45) is 0 Å². The van der Waals surface area contributed by atoms with Crippen LogP contribution in [0, 0.1) is 0 Å². The van der Waals surface area contributed by atoms with Gasteiger partial charge in [-0.1, -0.05) is 25.7 Å². The molecule has 2 rings (SSSR count). The van der Waals surface area contributed by atoms with E-state index in [0.29, 0.717) is 50.6 Å². The maximum Gasteiger partial charge on any atom is 0.315 e. The van der Waals surface area contributed by atoms with Gasteiger partial charge in [0.15, 0.2) is 0 Å². The molecule has 0 aromatic rings. The van der Waals surface area contributed by atoms with E-state index in [-0.39, 0.29) is 42.3 Å². The Morgan fingerprint density at radius 3 is 1.65 bits per heavy atom. The molecule has 0 bridgehead atoms. The molecule has 2 saturated heterocycles. The van der Waals surface area contributed by atoms with E-state index >= 15 is 0 Å². The lowest BCUT2D eigenvalue weighted by atomic mass is 10.0. The van der Waals surface area contributed by atoms with Gasteiger partial charge in [0.1, 0.15) is 0 Å². The number of hydrogen-bond donors (Lipinski definition) is 6. The van der Waals surface area contributed by atoms with Gasteiger partial charge in [-0.15, -0.1) is 0 Å². The molecule has 0 radical (unpaired) electrons. The number of urea groups is 1. The van der Waals surface area contributed by atoms with Gasteiger partial charge in [0.2, 0.25) is 17.7 Å². The summed E-state index contributed by atoms with van der Waals surface area (Å²) in [5, 5.41) is 23.7. The molecule has 6 N–H and O–H groups in total. The minimum atomic E-state index is -0.783. The van der Waals surface area contributed by atoms with Crippen molar-refractivity contribution in [1.29, 1.82) is 0 Å². The number of unbranched alkanes of at least 4 members (excludes halogenated alkanes) is 7. The number of nitrogens with one attached hydrogen (secondary N) is 5. The predicted molar refractivity (Wildman–Crippen MR) is 156 cm³/mol. The van der Waals surface area contributed by atoms with Crippen molar-refractivity contribution in [2.75, 3.05) is 25.4 Å². The molecule has 5 amide bonds. The molecule has 2 aliphatic rings. The zero-order valence-corrected chi connectivity index (χ0v) is 24.6. The average molecular weight is 584 g/mol. The van der Waals surface area contributed by atoms with E-state index in [1.165, 1.54) is 0 Å². The van der Waals surface area contributed by atoms with E-state index in [1.54, 1.807) is 0 Å². The van der Waals surface area contributed by atoms with Gasteiger partial charge < -0.3 is 31.7 Å². The molecule has 0 saturated carbocycles. The Labute approximate surface area is 242 Å². The van der Waals surface area contributed by atoms with Crippen LogP contribution in [0.2, 0.25) is 0 Å². The fraction of sp³-hybridized carbons (Fsp3) is 0.821. The van der Waals surface area contributed by atoms with Crippen molar-refractivity contribution in [3.63, 3.8) is 0 Å². The summed E-state index contributed by atoms with van der Waals surface area (Å²) in [7, 11) is 0. The van der Waals surface area contributed by atoms with Gasteiger partial charge in [-0.2, -0.15) is 11.8 Å². The molecular weight excluding hydrogens is 534 g/mol. The number of carboxylic acid groups (broad SMARTS) is 1. The quantitative estimate of drug-likeness (QED) is 0.0795. The first-order chi connectivity index (χ1) is 19.3. The molecule has 228 valence electrons. The van der Waals surface area contributed by atoms with Gasteiger partial charge in [-0.3, -0.25) is 19.2 Å². The topological polar surface area (TPSA) is 166 Å². The van der Waals surface area contributed by atoms with Crippen molar-refractivity contribution >= 4 is 41.5 Å². The average Bonchev–Trinajstić information content (AvgIpc) is 3.47. The Morgan fingerprint density at radius 2 is 1.15 bits per heavy atom. The van der Waals surface area contributed by atoms with Crippen LogP contribution in [-0.2, 0) is 19.2 Å². The van der Waals surface area contributed by atoms with E-state index in [4.69, 9.17) is 5.11 Å². The van der Waals surface area contributed by atoms with E-state index in [9.17, 15) is 24.0 Å². The van der Waals surface area contributed by atoms with Crippen molar-refractivity contribution in [3.8, 4) is 0 Å². The first kappa shape index (κ1) is 33.7. The molecule has 0 aromatic carbocycles.